The number of nitrogens with one attached hydrogen (secondary N) is 2. The van der Waals surface area contributed by atoms with Gasteiger partial charge < -0.3 is 16.0 Å². The van der Waals surface area contributed by atoms with E-state index in [0.29, 0.717) is 22.4 Å². The van der Waals surface area contributed by atoms with E-state index in [1.807, 2.05) is 32.9 Å². The Kier molecular flexibility index (Phi) is 4.15. The van der Waals surface area contributed by atoms with Gasteiger partial charge in [0.1, 0.15) is 17.8 Å². The number of amides is 1. The molecule has 3 rings (SSSR count). The van der Waals surface area contributed by atoms with Gasteiger partial charge in [-0.25, -0.2) is 9.97 Å². The van der Waals surface area contributed by atoms with Crippen LogP contribution in [0.4, 0.5) is 5.82 Å². The highest BCUT2D eigenvalue weighted by atomic mass is 16.1. The number of nitrogens with two attached hydrogens (primary N) is 1. The molecule has 0 bridgehead atoms. The normalized spacial score (nSPS) is 11.0. The molecule has 1 amide bonds. The molecule has 0 aliphatic carbocycles. The van der Waals surface area contributed by atoms with Gasteiger partial charge in [0.15, 0.2) is 0 Å². The van der Waals surface area contributed by atoms with Gasteiger partial charge >= 0.3 is 0 Å². The van der Waals surface area contributed by atoms with Crippen LogP contribution in [0.3, 0.4) is 0 Å². The fourth-order valence-electron chi connectivity index (χ4n) is 2.38. The Morgan fingerprint density at radius 2 is 2.04 bits per heavy atom. The Hall–Kier alpha value is -3.33. The Balaban J connectivity index is 1.91. The van der Waals surface area contributed by atoms with Crippen molar-refractivity contribution in [3.05, 3.63) is 53.5 Å². The molecular weight excluding hydrogens is 314 g/mol. The van der Waals surface area contributed by atoms with Crippen molar-refractivity contribution in [1.82, 2.24) is 20.3 Å². The lowest BCUT2D eigenvalue weighted by atomic mass is 10.1. The number of carbonyl (C=O) groups is 1. The summed E-state index contributed by atoms with van der Waals surface area (Å²) in [7, 11) is 0. The first-order valence-electron chi connectivity index (χ1n) is 7.86. The molecule has 0 fully saturated rings. The molecule has 0 saturated heterocycles. The summed E-state index contributed by atoms with van der Waals surface area (Å²) in [6.07, 6.45) is 3.15. The zero-order valence-electron chi connectivity index (χ0n) is 14.3. The van der Waals surface area contributed by atoms with Crippen molar-refractivity contribution in [3.8, 4) is 11.8 Å². The number of nitrogens with zero attached hydrogens (tertiary/aromatic N) is 2. The van der Waals surface area contributed by atoms with Crippen LogP contribution in [-0.4, -0.2) is 26.4 Å². The first-order chi connectivity index (χ1) is 11.8. The Morgan fingerprint density at radius 3 is 2.80 bits per heavy atom. The summed E-state index contributed by atoms with van der Waals surface area (Å²) in [5, 5.41) is 3.64. The van der Waals surface area contributed by atoms with Crippen molar-refractivity contribution in [2.24, 2.45) is 0 Å². The zero-order valence-corrected chi connectivity index (χ0v) is 14.3. The van der Waals surface area contributed by atoms with E-state index in [1.165, 1.54) is 6.33 Å². The van der Waals surface area contributed by atoms with Crippen molar-refractivity contribution in [2.45, 2.75) is 26.3 Å². The van der Waals surface area contributed by atoms with Gasteiger partial charge in [-0.05, 0) is 39.0 Å². The molecule has 1 aromatic carbocycles. The minimum atomic E-state index is -0.291. The van der Waals surface area contributed by atoms with Crippen LogP contribution < -0.4 is 11.1 Å². The lowest BCUT2D eigenvalue weighted by Crippen LogP contribution is -2.40. The van der Waals surface area contributed by atoms with E-state index in [2.05, 4.69) is 32.1 Å². The molecule has 0 spiro atoms. The van der Waals surface area contributed by atoms with E-state index in [9.17, 15) is 4.79 Å². The molecule has 25 heavy (non-hydrogen) atoms. The molecule has 0 saturated carbocycles. The van der Waals surface area contributed by atoms with E-state index in [-0.39, 0.29) is 11.4 Å². The van der Waals surface area contributed by atoms with Crippen LogP contribution in [0.1, 0.15) is 42.3 Å². The molecule has 0 radical (unpaired) electrons. The Morgan fingerprint density at radius 1 is 1.24 bits per heavy atom. The number of rotatable bonds is 1. The number of hydrogen-bond donors (Lipinski definition) is 3. The van der Waals surface area contributed by atoms with Gasteiger partial charge in [-0.3, -0.25) is 4.79 Å². The summed E-state index contributed by atoms with van der Waals surface area (Å²) in [6.45, 7) is 5.83. The lowest BCUT2D eigenvalue weighted by molar-refractivity contribution is 0.0919. The van der Waals surface area contributed by atoms with E-state index in [4.69, 9.17) is 5.73 Å². The van der Waals surface area contributed by atoms with Crippen molar-refractivity contribution in [3.63, 3.8) is 0 Å². The largest absolute Gasteiger partial charge is 0.383 e. The van der Waals surface area contributed by atoms with Gasteiger partial charge in [0.05, 0.1) is 10.9 Å². The molecule has 4 N–H and O–H groups in total. The van der Waals surface area contributed by atoms with Crippen LogP contribution in [0.2, 0.25) is 0 Å². The van der Waals surface area contributed by atoms with Gasteiger partial charge in [0.2, 0.25) is 0 Å². The number of aromatic nitrogens is 3. The van der Waals surface area contributed by atoms with Crippen molar-refractivity contribution < 1.29 is 4.79 Å². The monoisotopic (exact) mass is 333 g/mol. The van der Waals surface area contributed by atoms with Crippen LogP contribution in [0, 0.1) is 11.8 Å². The summed E-state index contributed by atoms with van der Waals surface area (Å²) in [5.41, 5.74) is 8.29. The van der Waals surface area contributed by atoms with Crippen LogP contribution >= 0.6 is 0 Å². The standard InChI is InChI=1S/C19H19N5O/c1-19(2,3)24-18(25)13-6-4-5-12(9-13)7-8-14-10-21-17-15(14)16(20)22-11-23-17/h4-6,9-11H,1-3H3,(H,24,25)(H3,20,21,22,23). The highest BCUT2D eigenvalue weighted by molar-refractivity contribution is 5.95. The molecule has 0 aliphatic rings. The predicted octanol–water partition coefficient (Wildman–Crippen LogP) is 2.47. The second kappa shape index (κ2) is 6.29. The maximum Gasteiger partial charge on any atom is 0.251 e. The molecule has 6 heteroatoms. The summed E-state index contributed by atoms with van der Waals surface area (Å²) in [6, 6.07) is 7.20. The summed E-state index contributed by atoms with van der Waals surface area (Å²) < 4.78 is 0. The topological polar surface area (TPSA) is 96.7 Å². The van der Waals surface area contributed by atoms with Gasteiger partial charge in [-0.15, -0.1) is 0 Å². The first kappa shape index (κ1) is 16.5. The van der Waals surface area contributed by atoms with Crippen LogP contribution in [0.5, 0.6) is 0 Å². The molecule has 0 aliphatic heterocycles. The minimum Gasteiger partial charge on any atom is -0.383 e. The number of H-pyrrole nitrogens is 1. The third-order valence-corrected chi connectivity index (χ3v) is 3.45. The second-order valence-electron chi connectivity index (χ2n) is 6.72. The van der Waals surface area contributed by atoms with Crippen LogP contribution in [0.15, 0.2) is 36.8 Å². The number of benzene rings is 1. The number of hydrogen-bond acceptors (Lipinski definition) is 4. The maximum absolute atomic E-state index is 12.3. The molecule has 6 nitrogen and oxygen atoms in total. The average molecular weight is 333 g/mol. The maximum atomic E-state index is 12.3. The number of fused-ring (bicyclic) bond motifs is 1. The zero-order chi connectivity index (χ0) is 18.0. The summed E-state index contributed by atoms with van der Waals surface area (Å²) >= 11 is 0. The fraction of sp³-hybridized carbons (Fsp3) is 0.211. The minimum absolute atomic E-state index is 0.124. The van der Waals surface area contributed by atoms with Crippen molar-refractivity contribution in [2.75, 3.05) is 5.73 Å². The van der Waals surface area contributed by atoms with Crippen molar-refractivity contribution >= 4 is 22.8 Å². The number of carbonyl (C=O) groups excluding carboxylic acids is 1. The molecule has 2 aromatic heterocycles. The van der Waals surface area contributed by atoms with E-state index >= 15 is 0 Å². The van der Waals surface area contributed by atoms with Gasteiger partial charge in [0, 0.05) is 22.9 Å². The number of nitrogen functional groups attached to an aromatic ring is 1. The molecular formula is C19H19N5O. The van der Waals surface area contributed by atoms with E-state index in [1.54, 1.807) is 18.3 Å². The third kappa shape index (κ3) is 3.78. The molecule has 3 aromatic rings. The Labute approximate surface area is 145 Å². The van der Waals surface area contributed by atoms with Gasteiger partial charge in [-0.1, -0.05) is 17.9 Å². The first-order valence-corrected chi connectivity index (χ1v) is 7.86. The fourth-order valence-corrected chi connectivity index (χ4v) is 2.38. The van der Waals surface area contributed by atoms with Gasteiger partial charge in [0.25, 0.3) is 5.91 Å². The lowest BCUT2D eigenvalue weighted by Gasteiger charge is -2.20. The smallest absolute Gasteiger partial charge is 0.251 e. The predicted molar refractivity (Wildman–Crippen MR) is 97.9 cm³/mol. The molecule has 126 valence electrons. The average Bonchev–Trinajstić information content (AvgIpc) is 2.96. The van der Waals surface area contributed by atoms with Crippen LogP contribution in [-0.2, 0) is 0 Å². The quantitative estimate of drug-likeness (QED) is 0.596. The molecule has 2 heterocycles. The molecule has 0 atom stereocenters. The highest BCUT2D eigenvalue weighted by Gasteiger charge is 2.15. The summed E-state index contributed by atoms with van der Waals surface area (Å²) in [5.74, 6) is 6.39. The molecule has 0 unspecified atom stereocenters. The van der Waals surface area contributed by atoms with Gasteiger partial charge in [-0.2, -0.15) is 0 Å². The van der Waals surface area contributed by atoms with Crippen LogP contribution in [0.25, 0.3) is 11.0 Å². The van der Waals surface area contributed by atoms with E-state index in [0.717, 1.165) is 11.1 Å². The van der Waals surface area contributed by atoms with E-state index < -0.39 is 0 Å². The SMILES string of the molecule is CC(C)(C)NC(=O)c1cccc(C#Cc2c[nH]c3ncnc(N)c23)c1. The number of anilines is 1. The highest BCUT2D eigenvalue weighted by Crippen LogP contribution is 2.19. The Bertz CT molecular complexity index is 1000. The number of aromatic amines is 1. The third-order valence-electron chi connectivity index (χ3n) is 3.45. The second-order valence-corrected chi connectivity index (χ2v) is 6.72. The van der Waals surface area contributed by atoms with Crippen molar-refractivity contribution in [1.29, 1.82) is 0 Å². The summed E-state index contributed by atoms with van der Waals surface area (Å²) in [4.78, 5) is 23.4.